The number of carboxylic acids is 1. The van der Waals surface area contributed by atoms with Crippen molar-refractivity contribution in [3.8, 4) is 0 Å². The Morgan fingerprint density at radius 2 is 1.95 bits per heavy atom. The Hall–Kier alpha value is -1.72. The number of hydrogen-bond acceptors (Lipinski definition) is 5. The van der Waals surface area contributed by atoms with Crippen LogP contribution in [0.1, 0.15) is 51.4 Å². The van der Waals surface area contributed by atoms with E-state index in [9.17, 15) is 9.90 Å². The number of hydrogen-bond donors (Lipinski definition) is 1. The molecule has 1 unspecified atom stereocenters. The maximum Gasteiger partial charge on any atom is 0.329 e. The smallest absolute Gasteiger partial charge is 0.329 e. The molecule has 6 nitrogen and oxygen atoms in total. The zero-order valence-corrected chi connectivity index (χ0v) is 12.4. The van der Waals surface area contributed by atoms with Crippen molar-refractivity contribution in [2.24, 2.45) is 0 Å². The third-order valence-corrected chi connectivity index (χ3v) is 4.21. The van der Waals surface area contributed by atoms with Gasteiger partial charge in [0.1, 0.15) is 5.54 Å². The average molecular weight is 278 g/mol. The van der Waals surface area contributed by atoms with Gasteiger partial charge in [0, 0.05) is 6.54 Å². The first-order valence-corrected chi connectivity index (χ1v) is 7.32. The van der Waals surface area contributed by atoms with E-state index in [-0.39, 0.29) is 0 Å². The lowest BCUT2D eigenvalue weighted by Crippen LogP contribution is -2.51. The average Bonchev–Trinajstić information content (AvgIpc) is 2.91. The second kappa shape index (κ2) is 5.73. The maximum absolute atomic E-state index is 11.7. The summed E-state index contributed by atoms with van der Waals surface area (Å²) in [6.07, 6.45) is 3.61. The number of aryl methyl sites for hydroxylation is 2. The molecule has 1 atom stereocenters. The van der Waals surface area contributed by atoms with Crippen LogP contribution in [0, 0.1) is 0 Å². The third-order valence-electron chi connectivity index (χ3n) is 4.21. The summed E-state index contributed by atoms with van der Waals surface area (Å²) in [6.45, 7) is 6.63. The molecule has 2 rings (SSSR count). The summed E-state index contributed by atoms with van der Waals surface area (Å²) in [4.78, 5) is 18.1. The number of anilines is 1. The zero-order valence-electron chi connectivity index (χ0n) is 12.4. The van der Waals surface area contributed by atoms with Crippen LogP contribution in [-0.4, -0.2) is 38.3 Å². The van der Waals surface area contributed by atoms with Crippen LogP contribution in [-0.2, 0) is 17.6 Å². The van der Waals surface area contributed by atoms with Crippen LogP contribution in [0.3, 0.4) is 0 Å². The molecule has 0 spiro atoms. The van der Waals surface area contributed by atoms with Gasteiger partial charge in [-0.2, -0.15) is 5.10 Å². The van der Waals surface area contributed by atoms with Crippen molar-refractivity contribution in [2.75, 3.05) is 11.4 Å². The fraction of sp³-hybridized carbons (Fsp3) is 0.714. The molecular weight excluding hydrogens is 256 g/mol. The molecule has 1 aliphatic heterocycles. The summed E-state index contributed by atoms with van der Waals surface area (Å²) in [5.74, 6) is -0.334. The summed E-state index contributed by atoms with van der Waals surface area (Å²) in [5.41, 5.74) is 0.938. The number of carbonyl (C=O) groups is 1. The molecule has 1 aliphatic rings. The van der Waals surface area contributed by atoms with Crippen molar-refractivity contribution < 1.29 is 9.90 Å². The fourth-order valence-corrected chi connectivity index (χ4v) is 2.95. The van der Waals surface area contributed by atoms with Crippen LogP contribution in [0.15, 0.2) is 0 Å². The van der Waals surface area contributed by atoms with Gasteiger partial charge in [-0.05, 0) is 32.1 Å². The number of carboxylic acid groups (broad SMARTS) is 1. The van der Waals surface area contributed by atoms with Gasteiger partial charge >= 0.3 is 5.97 Å². The fourth-order valence-electron chi connectivity index (χ4n) is 2.95. The first kappa shape index (κ1) is 14.7. The van der Waals surface area contributed by atoms with E-state index in [0.29, 0.717) is 25.3 Å². The second-order valence-corrected chi connectivity index (χ2v) is 5.16. The van der Waals surface area contributed by atoms with Crippen molar-refractivity contribution in [1.29, 1.82) is 0 Å². The lowest BCUT2D eigenvalue weighted by molar-refractivity contribution is -0.143. The number of aliphatic carboxylic acids is 1. The van der Waals surface area contributed by atoms with Crippen LogP contribution in [0.4, 0.5) is 5.95 Å². The van der Waals surface area contributed by atoms with Gasteiger partial charge in [0.05, 0.1) is 11.4 Å². The molecule has 1 N–H and O–H groups in total. The topological polar surface area (TPSA) is 79.2 Å². The molecule has 0 bridgehead atoms. The molecule has 0 aliphatic carbocycles. The standard InChI is InChI=1S/C14H22N4O2/c1-4-10-11(5-2)16-17-13(15-10)18-9-7-8-14(18,6-3)12(19)20/h4-9H2,1-3H3,(H,19,20). The van der Waals surface area contributed by atoms with Crippen molar-refractivity contribution in [3.05, 3.63) is 11.4 Å². The van der Waals surface area contributed by atoms with Crippen LogP contribution in [0.2, 0.25) is 0 Å². The minimum atomic E-state index is -0.875. The summed E-state index contributed by atoms with van der Waals surface area (Å²) < 4.78 is 0. The van der Waals surface area contributed by atoms with E-state index >= 15 is 0 Å². The van der Waals surface area contributed by atoms with E-state index in [1.54, 1.807) is 0 Å². The predicted octanol–water partition coefficient (Wildman–Crippen LogP) is 1.83. The van der Waals surface area contributed by atoms with E-state index in [2.05, 4.69) is 15.2 Å². The lowest BCUT2D eigenvalue weighted by Gasteiger charge is -2.33. The molecule has 1 saturated heterocycles. The molecule has 110 valence electrons. The van der Waals surface area contributed by atoms with Gasteiger partial charge < -0.3 is 10.0 Å². The minimum absolute atomic E-state index is 0.459. The Labute approximate surface area is 119 Å². The molecule has 1 aromatic rings. The molecule has 20 heavy (non-hydrogen) atoms. The second-order valence-electron chi connectivity index (χ2n) is 5.16. The third kappa shape index (κ3) is 2.23. The molecule has 0 radical (unpaired) electrons. The quantitative estimate of drug-likeness (QED) is 0.885. The lowest BCUT2D eigenvalue weighted by atomic mass is 9.93. The van der Waals surface area contributed by atoms with Gasteiger partial charge in [-0.25, -0.2) is 9.78 Å². The first-order valence-electron chi connectivity index (χ1n) is 7.32. The van der Waals surface area contributed by atoms with Crippen LogP contribution < -0.4 is 4.90 Å². The highest BCUT2D eigenvalue weighted by atomic mass is 16.4. The molecule has 6 heteroatoms. The van der Waals surface area contributed by atoms with Crippen LogP contribution in [0.5, 0.6) is 0 Å². The Balaban J connectivity index is 2.42. The van der Waals surface area contributed by atoms with E-state index in [1.807, 2.05) is 25.7 Å². The van der Waals surface area contributed by atoms with E-state index < -0.39 is 11.5 Å². The molecule has 0 saturated carbocycles. The molecule has 1 aromatic heterocycles. The Morgan fingerprint density at radius 1 is 1.25 bits per heavy atom. The van der Waals surface area contributed by atoms with Crippen LogP contribution in [0.25, 0.3) is 0 Å². The number of aromatic nitrogens is 3. The van der Waals surface area contributed by atoms with Gasteiger partial charge in [0.25, 0.3) is 0 Å². The van der Waals surface area contributed by atoms with Crippen molar-refractivity contribution in [1.82, 2.24) is 15.2 Å². The number of nitrogens with zero attached hydrogens (tertiary/aromatic N) is 4. The van der Waals surface area contributed by atoms with Crippen LogP contribution >= 0.6 is 0 Å². The normalized spacial score (nSPS) is 22.2. The highest BCUT2D eigenvalue weighted by Gasteiger charge is 2.47. The molecule has 0 aromatic carbocycles. The molecular formula is C14H22N4O2. The molecule has 0 amide bonds. The Kier molecular flexibility index (Phi) is 4.20. The van der Waals surface area contributed by atoms with Gasteiger partial charge in [0.15, 0.2) is 0 Å². The monoisotopic (exact) mass is 278 g/mol. The predicted molar refractivity (Wildman–Crippen MR) is 75.8 cm³/mol. The largest absolute Gasteiger partial charge is 0.479 e. The Morgan fingerprint density at radius 3 is 2.50 bits per heavy atom. The number of rotatable bonds is 5. The van der Waals surface area contributed by atoms with Gasteiger partial charge in [-0.3, -0.25) is 0 Å². The highest BCUT2D eigenvalue weighted by Crippen LogP contribution is 2.35. The van der Waals surface area contributed by atoms with E-state index in [4.69, 9.17) is 0 Å². The van der Waals surface area contributed by atoms with Gasteiger partial charge in [0.2, 0.25) is 5.95 Å². The van der Waals surface area contributed by atoms with E-state index in [1.165, 1.54) is 0 Å². The summed E-state index contributed by atoms with van der Waals surface area (Å²) in [6, 6.07) is 0. The Bertz CT molecular complexity index is 506. The maximum atomic E-state index is 11.7. The zero-order chi connectivity index (χ0) is 14.8. The summed E-state index contributed by atoms with van der Waals surface area (Å²) in [7, 11) is 0. The minimum Gasteiger partial charge on any atom is -0.479 e. The van der Waals surface area contributed by atoms with Crippen molar-refractivity contribution in [3.63, 3.8) is 0 Å². The van der Waals surface area contributed by atoms with E-state index in [0.717, 1.165) is 30.7 Å². The SMILES string of the molecule is CCc1nnc(N2CCCC2(CC)C(=O)O)nc1CC. The van der Waals surface area contributed by atoms with Crippen molar-refractivity contribution >= 4 is 11.9 Å². The molecule has 2 heterocycles. The van der Waals surface area contributed by atoms with Crippen molar-refractivity contribution in [2.45, 2.75) is 58.4 Å². The van der Waals surface area contributed by atoms with Gasteiger partial charge in [-0.15, -0.1) is 5.10 Å². The highest BCUT2D eigenvalue weighted by molar-refractivity contribution is 5.83. The summed E-state index contributed by atoms with van der Waals surface area (Å²) in [5, 5.41) is 18.0. The summed E-state index contributed by atoms with van der Waals surface area (Å²) >= 11 is 0. The van der Waals surface area contributed by atoms with Gasteiger partial charge in [-0.1, -0.05) is 20.8 Å². The molecule has 1 fully saturated rings. The first-order chi connectivity index (χ1) is 9.58.